The van der Waals surface area contributed by atoms with Crippen LogP contribution in [0.3, 0.4) is 0 Å². The molecule has 1 N–H and O–H groups in total. The third-order valence-corrected chi connectivity index (χ3v) is 4.70. The summed E-state index contributed by atoms with van der Waals surface area (Å²) in [6.45, 7) is 3.67. The Bertz CT molecular complexity index is 453. The van der Waals surface area contributed by atoms with Gasteiger partial charge in [0.1, 0.15) is 4.90 Å². The van der Waals surface area contributed by atoms with Crippen molar-refractivity contribution >= 4 is 33.2 Å². The SMILES string of the molecule is CCC(C)NS(=O)(=O)c1c(Cl)cccc1Cl. The summed E-state index contributed by atoms with van der Waals surface area (Å²) < 4.78 is 26.4. The lowest BCUT2D eigenvalue weighted by Crippen LogP contribution is -2.32. The van der Waals surface area contributed by atoms with Gasteiger partial charge in [-0.15, -0.1) is 0 Å². The van der Waals surface area contributed by atoms with Crippen molar-refractivity contribution < 1.29 is 8.42 Å². The van der Waals surface area contributed by atoms with E-state index in [1.165, 1.54) is 12.1 Å². The number of hydrogen-bond donors (Lipinski definition) is 1. The molecule has 0 saturated heterocycles. The molecule has 1 rings (SSSR count). The Morgan fingerprint density at radius 1 is 1.31 bits per heavy atom. The van der Waals surface area contributed by atoms with E-state index in [1.807, 2.05) is 6.92 Å². The topological polar surface area (TPSA) is 46.2 Å². The molecular weight excluding hydrogens is 269 g/mol. The predicted octanol–water partition coefficient (Wildman–Crippen LogP) is 3.07. The molecule has 0 heterocycles. The largest absolute Gasteiger partial charge is 0.243 e. The van der Waals surface area contributed by atoms with Crippen LogP contribution in [0.5, 0.6) is 0 Å². The monoisotopic (exact) mass is 281 g/mol. The van der Waals surface area contributed by atoms with E-state index in [-0.39, 0.29) is 21.0 Å². The smallest absolute Gasteiger partial charge is 0.208 e. The summed E-state index contributed by atoms with van der Waals surface area (Å²) in [7, 11) is -3.65. The van der Waals surface area contributed by atoms with Gasteiger partial charge in [-0.2, -0.15) is 0 Å². The first-order valence-corrected chi connectivity index (χ1v) is 7.08. The van der Waals surface area contributed by atoms with Crippen molar-refractivity contribution in [2.24, 2.45) is 0 Å². The Labute approximate surface area is 106 Å². The number of nitrogens with one attached hydrogen (secondary N) is 1. The summed E-state index contributed by atoms with van der Waals surface area (Å²) >= 11 is 11.7. The molecule has 3 nitrogen and oxygen atoms in total. The maximum Gasteiger partial charge on any atom is 0.243 e. The van der Waals surface area contributed by atoms with Crippen LogP contribution < -0.4 is 4.72 Å². The predicted molar refractivity (Wildman–Crippen MR) is 66.5 cm³/mol. The number of rotatable bonds is 4. The zero-order chi connectivity index (χ0) is 12.3. The number of benzene rings is 1. The van der Waals surface area contributed by atoms with Crippen LogP contribution in [-0.4, -0.2) is 14.5 Å². The van der Waals surface area contributed by atoms with Crippen LogP contribution in [0.25, 0.3) is 0 Å². The molecule has 0 aliphatic heterocycles. The molecule has 0 aliphatic carbocycles. The van der Waals surface area contributed by atoms with Gasteiger partial charge in [0.25, 0.3) is 0 Å². The lowest BCUT2D eigenvalue weighted by Gasteiger charge is -2.13. The maximum absolute atomic E-state index is 12.0. The molecule has 90 valence electrons. The van der Waals surface area contributed by atoms with Gasteiger partial charge in [-0.3, -0.25) is 0 Å². The fourth-order valence-corrected chi connectivity index (χ4v) is 3.62. The molecule has 1 aromatic carbocycles. The molecular formula is C10H13Cl2NO2S. The molecule has 0 radical (unpaired) electrons. The molecule has 0 amide bonds. The van der Waals surface area contributed by atoms with E-state index in [4.69, 9.17) is 23.2 Å². The van der Waals surface area contributed by atoms with Gasteiger partial charge in [-0.05, 0) is 25.5 Å². The van der Waals surface area contributed by atoms with Crippen molar-refractivity contribution in [1.82, 2.24) is 4.72 Å². The van der Waals surface area contributed by atoms with Gasteiger partial charge in [0.2, 0.25) is 10.0 Å². The van der Waals surface area contributed by atoms with Crippen molar-refractivity contribution in [3.63, 3.8) is 0 Å². The summed E-state index contributed by atoms with van der Waals surface area (Å²) in [5, 5.41) is 0.256. The maximum atomic E-state index is 12.0. The second-order valence-electron chi connectivity index (χ2n) is 3.48. The van der Waals surface area contributed by atoms with E-state index >= 15 is 0 Å². The minimum absolute atomic E-state index is 0.0568. The van der Waals surface area contributed by atoms with E-state index in [2.05, 4.69) is 4.72 Å². The third kappa shape index (κ3) is 3.10. The van der Waals surface area contributed by atoms with Crippen molar-refractivity contribution in [2.75, 3.05) is 0 Å². The van der Waals surface area contributed by atoms with Crippen LogP contribution in [0.1, 0.15) is 20.3 Å². The molecule has 1 aromatic rings. The molecule has 0 aromatic heterocycles. The second-order valence-corrected chi connectivity index (χ2v) is 5.95. The molecule has 1 unspecified atom stereocenters. The zero-order valence-electron chi connectivity index (χ0n) is 9.00. The Morgan fingerprint density at radius 2 is 1.81 bits per heavy atom. The molecule has 0 saturated carbocycles. The van der Waals surface area contributed by atoms with E-state index in [0.29, 0.717) is 6.42 Å². The Kier molecular flexibility index (Phi) is 4.62. The van der Waals surface area contributed by atoms with Crippen LogP contribution in [0.15, 0.2) is 23.1 Å². The number of hydrogen-bond acceptors (Lipinski definition) is 2. The van der Waals surface area contributed by atoms with Crippen LogP contribution in [0.2, 0.25) is 10.0 Å². The van der Waals surface area contributed by atoms with E-state index in [0.717, 1.165) is 0 Å². The third-order valence-electron chi connectivity index (χ3n) is 2.16. The van der Waals surface area contributed by atoms with Crippen molar-refractivity contribution in [3.05, 3.63) is 28.2 Å². The molecule has 6 heteroatoms. The molecule has 16 heavy (non-hydrogen) atoms. The summed E-state index contributed by atoms with van der Waals surface area (Å²) in [4.78, 5) is -0.0568. The lowest BCUT2D eigenvalue weighted by molar-refractivity contribution is 0.556. The van der Waals surface area contributed by atoms with Gasteiger partial charge in [-0.25, -0.2) is 13.1 Å². The van der Waals surface area contributed by atoms with Gasteiger partial charge >= 0.3 is 0 Å². The van der Waals surface area contributed by atoms with Crippen LogP contribution in [0.4, 0.5) is 0 Å². The van der Waals surface area contributed by atoms with E-state index < -0.39 is 10.0 Å². The highest BCUT2D eigenvalue weighted by molar-refractivity contribution is 7.89. The minimum atomic E-state index is -3.65. The summed E-state index contributed by atoms with van der Waals surface area (Å²) in [6, 6.07) is 4.45. The van der Waals surface area contributed by atoms with Crippen molar-refractivity contribution in [3.8, 4) is 0 Å². The fraction of sp³-hybridized carbons (Fsp3) is 0.400. The van der Waals surface area contributed by atoms with Crippen molar-refractivity contribution in [1.29, 1.82) is 0 Å². The van der Waals surface area contributed by atoms with Gasteiger partial charge in [0.05, 0.1) is 10.0 Å². The number of sulfonamides is 1. The van der Waals surface area contributed by atoms with E-state index in [1.54, 1.807) is 13.0 Å². The van der Waals surface area contributed by atoms with E-state index in [9.17, 15) is 8.42 Å². The average Bonchev–Trinajstić information content (AvgIpc) is 2.16. The molecule has 0 fully saturated rings. The standard InChI is InChI=1S/C10H13Cl2NO2S/c1-3-7(2)13-16(14,15)10-8(11)5-4-6-9(10)12/h4-7,13H,3H2,1-2H3. The van der Waals surface area contributed by atoms with Gasteiger partial charge < -0.3 is 0 Å². The molecule has 1 atom stereocenters. The molecule has 0 spiro atoms. The van der Waals surface area contributed by atoms with Crippen molar-refractivity contribution in [2.45, 2.75) is 31.2 Å². The quantitative estimate of drug-likeness (QED) is 0.922. The van der Waals surface area contributed by atoms with Crippen LogP contribution in [-0.2, 0) is 10.0 Å². The zero-order valence-corrected chi connectivity index (χ0v) is 11.3. The molecule has 0 aliphatic rings. The highest BCUT2D eigenvalue weighted by Crippen LogP contribution is 2.28. The summed E-state index contributed by atoms with van der Waals surface area (Å²) in [6.07, 6.45) is 0.696. The Morgan fingerprint density at radius 3 is 2.25 bits per heavy atom. The van der Waals surface area contributed by atoms with Gasteiger partial charge in [-0.1, -0.05) is 36.2 Å². The van der Waals surface area contributed by atoms with Gasteiger partial charge in [0, 0.05) is 6.04 Å². The van der Waals surface area contributed by atoms with Gasteiger partial charge in [0.15, 0.2) is 0 Å². The summed E-state index contributed by atoms with van der Waals surface area (Å²) in [5.74, 6) is 0. The molecule has 0 bridgehead atoms. The van der Waals surface area contributed by atoms with Crippen LogP contribution >= 0.6 is 23.2 Å². The highest BCUT2D eigenvalue weighted by Gasteiger charge is 2.22. The minimum Gasteiger partial charge on any atom is -0.208 e. The normalized spacial score (nSPS) is 13.8. The lowest BCUT2D eigenvalue weighted by atomic mass is 10.3. The Balaban J connectivity index is 3.17. The number of halogens is 2. The second kappa shape index (κ2) is 5.36. The van der Waals surface area contributed by atoms with Crippen LogP contribution in [0, 0.1) is 0 Å². The average molecular weight is 282 g/mol. The fourth-order valence-electron chi connectivity index (χ4n) is 1.15. The highest BCUT2D eigenvalue weighted by atomic mass is 35.5. The first kappa shape index (κ1) is 13.8. The first-order valence-electron chi connectivity index (χ1n) is 4.84. The Hall–Kier alpha value is -0.290. The summed E-state index contributed by atoms with van der Waals surface area (Å²) in [5.41, 5.74) is 0. The first-order chi connectivity index (χ1) is 7.38.